The van der Waals surface area contributed by atoms with Crippen LogP contribution >= 0.6 is 11.6 Å². The molecule has 1 saturated heterocycles. The first-order valence-corrected chi connectivity index (χ1v) is 4.17. The van der Waals surface area contributed by atoms with Crippen LogP contribution in [0, 0.1) is 0 Å². The highest BCUT2D eigenvalue weighted by atomic mass is 35.5. The van der Waals surface area contributed by atoms with Crippen molar-refractivity contribution in [3.05, 3.63) is 0 Å². The van der Waals surface area contributed by atoms with Gasteiger partial charge in [0.05, 0.1) is 5.50 Å². The summed E-state index contributed by atoms with van der Waals surface area (Å²) < 4.78 is 0. The van der Waals surface area contributed by atoms with Crippen molar-refractivity contribution in [1.29, 1.82) is 0 Å². The van der Waals surface area contributed by atoms with Crippen molar-refractivity contribution >= 4 is 11.6 Å². The Morgan fingerprint density at radius 3 is 2.60 bits per heavy atom. The van der Waals surface area contributed by atoms with Gasteiger partial charge in [0.15, 0.2) is 0 Å². The molecule has 1 aliphatic heterocycles. The average molecular weight is 163 g/mol. The summed E-state index contributed by atoms with van der Waals surface area (Å²) in [6.07, 6.45) is 2.28. The molecule has 0 saturated carbocycles. The van der Waals surface area contributed by atoms with Crippen LogP contribution in [-0.2, 0) is 0 Å². The van der Waals surface area contributed by atoms with Crippen LogP contribution in [0.4, 0.5) is 0 Å². The molecule has 2 unspecified atom stereocenters. The Balaban J connectivity index is 2.32. The van der Waals surface area contributed by atoms with E-state index in [2.05, 4.69) is 24.3 Å². The molecule has 1 fully saturated rings. The highest BCUT2D eigenvalue weighted by Crippen LogP contribution is 2.14. The molecule has 1 N–H and O–H groups in total. The third kappa shape index (κ3) is 2.11. The van der Waals surface area contributed by atoms with Gasteiger partial charge >= 0.3 is 0 Å². The normalized spacial score (nSPS) is 34.8. The fourth-order valence-corrected chi connectivity index (χ4v) is 1.63. The highest BCUT2D eigenvalue weighted by molar-refractivity contribution is 6.20. The number of hydrogen-bond acceptors (Lipinski definition) is 2. The van der Waals surface area contributed by atoms with Crippen molar-refractivity contribution in [2.75, 3.05) is 20.6 Å². The zero-order valence-electron chi connectivity index (χ0n) is 6.60. The van der Waals surface area contributed by atoms with Crippen molar-refractivity contribution in [2.45, 2.75) is 24.4 Å². The summed E-state index contributed by atoms with van der Waals surface area (Å²) in [7, 11) is 4.22. The van der Waals surface area contributed by atoms with Crippen molar-refractivity contribution < 1.29 is 0 Å². The lowest BCUT2D eigenvalue weighted by molar-refractivity contribution is 0.228. The molecule has 0 radical (unpaired) electrons. The highest BCUT2D eigenvalue weighted by Gasteiger charge is 2.20. The zero-order valence-corrected chi connectivity index (χ0v) is 7.36. The molecule has 10 heavy (non-hydrogen) atoms. The predicted octanol–water partition coefficient (Wildman–Crippen LogP) is 0.865. The minimum absolute atomic E-state index is 0.182. The summed E-state index contributed by atoms with van der Waals surface area (Å²) in [5.41, 5.74) is 0.182. The third-order valence-electron chi connectivity index (χ3n) is 2.05. The van der Waals surface area contributed by atoms with E-state index in [1.165, 1.54) is 6.42 Å². The van der Waals surface area contributed by atoms with Gasteiger partial charge in [0.1, 0.15) is 0 Å². The van der Waals surface area contributed by atoms with Gasteiger partial charge in [-0.25, -0.2) is 0 Å². The Morgan fingerprint density at radius 2 is 2.20 bits per heavy atom. The average Bonchev–Trinajstić information content (AvgIpc) is 1.88. The number of hydrogen-bond donors (Lipinski definition) is 1. The topological polar surface area (TPSA) is 15.3 Å². The predicted molar refractivity (Wildman–Crippen MR) is 44.4 cm³/mol. The lowest BCUT2D eigenvalue weighted by atomic mass is 10.1. The first kappa shape index (κ1) is 8.31. The van der Waals surface area contributed by atoms with Crippen molar-refractivity contribution in [3.8, 4) is 0 Å². The molecular formula is C7H15ClN2. The fraction of sp³-hybridized carbons (Fsp3) is 1.00. The number of halogens is 1. The van der Waals surface area contributed by atoms with Gasteiger partial charge in [-0.15, -0.1) is 11.6 Å². The molecule has 1 heterocycles. The van der Waals surface area contributed by atoms with Gasteiger partial charge in [-0.2, -0.15) is 0 Å². The minimum Gasteiger partial charge on any atom is -0.306 e. The monoisotopic (exact) mass is 162 g/mol. The molecular weight excluding hydrogens is 148 g/mol. The number of nitrogens with zero attached hydrogens (tertiary/aromatic N) is 1. The van der Waals surface area contributed by atoms with E-state index in [0.29, 0.717) is 6.04 Å². The molecule has 0 aromatic rings. The molecule has 0 aliphatic carbocycles. The molecule has 0 spiro atoms. The lowest BCUT2D eigenvalue weighted by Gasteiger charge is -2.31. The number of alkyl halides is 1. The molecule has 60 valence electrons. The van der Waals surface area contributed by atoms with Crippen molar-refractivity contribution in [1.82, 2.24) is 10.2 Å². The lowest BCUT2D eigenvalue weighted by Crippen LogP contribution is -2.43. The first-order chi connectivity index (χ1) is 4.70. The van der Waals surface area contributed by atoms with Crippen LogP contribution in [0.25, 0.3) is 0 Å². The van der Waals surface area contributed by atoms with Gasteiger partial charge in [0.25, 0.3) is 0 Å². The smallest absolute Gasteiger partial charge is 0.0840 e. The van der Waals surface area contributed by atoms with Crippen LogP contribution < -0.4 is 5.32 Å². The molecule has 1 aliphatic rings. The quantitative estimate of drug-likeness (QED) is 0.455. The standard InChI is InChI=1S/C7H15ClN2/c1-10(2)6-3-4-9-7(8)5-6/h6-7,9H,3-5H2,1-2H3. The van der Waals surface area contributed by atoms with Crippen LogP contribution in [0.15, 0.2) is 0 Å². The van der Waals surface area contributed by atoms with Crippen LogP contribution in [0.5, 0.6) is 0 Å². The molecule has 2 nitrogen and oxygen atoms in total. The third-order valence-corrected chi connectivity index (χ3v) is 2.39. The maximum absolute atomic E-state index is 5.92. The summed E-state index contributed by atoms with van der Waals surface area (Å²) >= 11 is 5.92. The molecule has 0 aromatic carbocycles. The summed E-state index contributed by atoms with van der Waals surface area (Å²) in [6.45, 7) is 1.05. The second-order valence-electron chi connectivity index (χ2n) is 3.06. The van der Waals surface area contributed by atoms with Gasteiger partial charge in [0.2, 0.25) is 0 Å². The Kier molecular flexibility index (Phi) is 2.96. The fourth-order valence-electron chi connectivity index (χ4n) is 1.32. The van der Waals surface area contributed by atoms with Gasteiger partial charge in [-0.05, 0) is 33.5 Å². The van der Waals surface area contributed by atoms with Gasteiger partial charge in [-0.3, -0.25) is 0 Å². The van der Waals surface area contributed by atoms with Gasteiger partial charge < -0.3 is 10.2 Å². The second kappa shape index (κ2) is 3.56. The van der Waals surface area contributed by atoms with E-state index in [9.17, 15) is 0 Å². The second-order valence-corrected chi connectivity index (χ2v) is 3.59. The molecule has 1 rings (SSSR count). The molecule has 0 bridgehead atoms. The minimum atomic E-state index is 0.182. The number of piperidine rings is 1. The Morgan fingerprint density at radius 1 is 1.50 bits per heavy atom. The van der Waals surface area contributed by atoms with Gasteiger partial charge in [-0.1, -0.05) is 0 Å². The van der Waals surface area contributed by atoms with Crippen LogP contribution in [0.3, 0.4) is 0 Å². The Hall–Kier alpha value is 0.210. The summed E-state index contributed by atoms with van der Waals surface area (Å²) in [4.78, 5) is 2.25. The van der Waals surface area contributed by atoms with Crippen LogP contribution in [-0.4, -0.2) is 37.1 Å². The number of rotatable bonds is 1. The van der Waals surface area contributed by atoms with E-state index in [1.807, 2.05) is 0 Å². The maximum atomic E-state index is 5.92. The number of nitrogens with one attached hydrogen (secondary N) is 1. The van der Waals surface area contributed by atoms with Crippen molar-refractivity contribution in [2.24, 2.45) is 0 Å². The van der Waals surface area contributed by atoms with E-state index in [-0.39, 0.29) is 5.50 Å². The maximum Gasteiger partial charge on any atom is 0.0840 e. The summed E-state index contributed by atoms with van der Waals surface area (Å²) in [5.74, 6) is 0. The summed E-state index contributed by atoms with van der Waals surface area (Å²) in [5, 5.41) is 3.21. The zero-order chi connectivity index (χ0) is 7.56. The Bertz CT molecular complexity index is 106. The molecule has 0 amide bonds. The Labute approximate surface area is 67.5 Å². The van der Waals surface area contributed by atoms with E-state index >= 15 is 0 Å². The first-order valence-electron chi connectivity index (χ1n) is 3.74. The van der Waals surface area contributed by atoms with Gasteiger partial charge in [0, 0.05) is 6.04 Å². The van der Waals surface area contributed by atoms with Crippen LogP contribution in [0.2, 0.25) is 0 Å². The van der Waals surface area contributed by atoms with E-state index < -0.39 is 0 Å². The molecule has 0 aromatic heterocycles. The van der Waals surface area contributed by atoms with Crippen LogP contribution in [0.1, 0.15) is 12.8 Å². The largest absolute Gasteiger partial charge is 0.306 e. The van der Waals surface area contributed by atoms with E-state index in [0.717, 1.165) is 13.0 Å². The van der Waals surface area contributed by atoms with Crippen molar-refractivity contribution in [3.63, 3.8) is 0 Å². The van der Waals surface area contributed by atoms with E-state index in [1.54, 1.807) is 0 Å². The molecule has 3 heteroatoms. The SMILES string of the molecule is CN(C)C1CCNC(Cl)C1. The summed E-state index contributed by atoms with van der Waals surface area (Å²) in [6, 6.07) is 0.670. The molecule has 2 atom stereocenters. The van der Waals surface area contributed by atoms with E-state index in [4.69, 9.17) is 11.6 Å².